The topological polar surface area (TPSA) is 65.1 Å². The Hall–Kier alpha value is -3.23. The second-order valence-corrected chi connectivity index (χ2v) is 6.35. The number of hydrogen-bond acceptors (Lipinski definition) is 5. The molecule has 1 amide bonds. The van der Waals surface area contributed by atoms with Crippen LogP contribution in [0.15, 0.2) is 42.5 Å². The fourth-order valence-electron chi connectivity index (χ4n) is 3.01. The van der Waals surface area contributed by atoms with E-state index in [0.717, 1.165) is 12.1 Å². The maximum atomic E-state index is 12.7. The molecule has 2 aromatic rings. The Morgan fingerprint density at radius 1 is 1.14 bits per heavy atom. The molecular formula is C20H18F3NO5. The molecule has 0 N–H and O–H groups in total. The van der Waals surface area contributed by atoms with Crippen LogP contribution in [0, 0.1) is 0 Å². The number of benzene rings is 2. The standard InChI is InChI=1S/C20H18F3NO5/c1-12(25)13-6-7-16(18(10-13)27-2)28-17-8-9-24(19(17)26)14-4-3-5-15(11-14)29-20(21,22)23/h3-7,10-11,17H,8-9H2,1-2H3/t17-/m1/s1. The van der Waals surface area contributed by atoms with Crippen LogP contribution in [0.25, 0.3) is 0 Å². The molecule has 0 unspecified atom stereocenters. The third-order valence-electron chi connectivity index (χ3n) is 4.36. The molecule has 9 heteroatoms. The summed E-state index contributed by atoms with van der Waals surface area (Å²) in [5.41, 5.74) is 0.719. The van der Waals surface area contributed by atoms with Crippen LogP contribution in [0.2, 0.25) is 0 Å². The molecule has 1 atom stereocenters. The average Bonchev–Trinajstić information content (AvgIpc) is 3.01. The van der Waals surface area contributed by atoms with Crippen LogP contribution in [0.1, 0.15) is 23.7 Å². The van der Waals surface area contributed by atoms with Gasteiger partial charge in [-0.1, -0.05) is 6.07 Å². The monoisotopic (exact) mass is 409 g/mol. The smallest absolute Gasteiger partial charge is 0.493 e. The van der Waals surface area contributed by atoms with Crippen molar-refractivity contribution in [3.8, 4) is 17.2 Å². The Bertz CT molecular complexity index is 929. The van der Waals surface area contributed by atoms with Gasteiger partial charge in [-0.3, -0.25) is 9.59 Å². The zero-order chi connectivity index (χ0) is 21.2. The molecule has 0 aliphatic carbocycles. The molecule has 0 spiro atoms. The van der Waals surface area contributed by atoms with Crippen LogP contribution < -0.4 is 19.1 Å². The van der Waals surface area contributed by atoms with E-state index in [4.69, 9.17) is 9.47 Å². The number of nitrogens with zero attached hydrogens (tertiary/aromatic N) is 1. The molecule has 1 heterocycles. The lowest BCUT2D eigenvalue weighted by Gasteiger charge is -2.19. The predicted molar refractivity (Wildman–Crippen MR) is 97.5 cm³/mol. The van der Waals surface area contributed by atoms with E-state index in [0.29, 0.717) is 23.5 Å². The summed E-state index contributed by atoms with van der Waals surface area (Å²) in [6.45, 7) is 1.69. The van der Waals surface area contributed by atoms with Gasteiger partial charge in [-0.05, 0) is 37.3 Å². The first kappa shape index (κ1) is 20.5. The number of hydrogen-bond donors (Lipinski definition) is 0. The minimum Gasteiger partial charge on any atom is -0.493 e. The van der Waals surface area contributed by atoms with Gasteiger partial charge in [0.2, 0.25) is 0 Å². The SMILES string of the molecule is COc1cc(C(C)=O)ccc1O[C@@H]1CCN(c2cccc(OC(F)(F)F)c2)C1=O. The van der Waals surface area contributed by atoms with Crippen LogP contribution in [-0.2, 0) is 4.79 Å². The number of Topliss-reactive ketones (excluding diaryl/α,β-unsaturated/α-hetero) is 1. The molecule has 0 saturated carbocycles. The highest BCUT2D eigenvalue weighted by molar-refractivity contribution is 5.99. The number of ether oxygens (including phenoxy) is 3. The van der Waals surface area contributed by atoms with Crippen molar-refractivity contribution in [3.05, 3.63) is 48.0 Å². The van der Waals surface area contributed by atoms with Crippen molar-refractivity contribution in [1.82, 2.24) is 0 Å². The maximum Gasteiger partial charge on any atom is 0.573 e. The number of rotatable bonds is 6. The van der Waals surface area contributed by atoms with Crippen molar-refractivity contribution < 1.29 is 37.0 Å². The maximum absolute atomic E-state index is 12.7. The number of alkyl halides is 3. The number of amides is 1. The van der Waals surface area contributed by atoms with Crippen molar-refractivity contribution in [3.63, 3.8) is 0 Å². The lowest BCUT2D eigenvalue weighted by molar-refractivity contribution is -0.274. The van der Waals surface area contributed by atoms with Crippen LogP contribution >= 0.6 is 0 Å². The van der Waals surface area contributed by atoms with E-state index >= 15 is 0 Å². The van der Waals surface area contributed by atoms with Gasteiger partial charge >= 0.3 is 6.36 Å². The summed E-state index contributed by atoms with van der Waals surface area (Å²) in [7, 11) is 1.42. The van der Waals surface area contributed by atoms with Gasteiger partial charge in [0.25, 0.3) is 5.91 Å². The number of ketones is 1. The van der Waals surface area contributed by atoms with E-state index in [2.05, 4.69) is 4.74 Å². The lowest BCUT2D eigenvalue weighted by Crippen LogP contribution is -2.32. The molecule has 0 aromatic heterocycles. The number of carbonyl (C=O) groups excluding carboxylic acids is 2. The second kappa shape index (κ2) is 8.02. The highest BCUT2D eigenvalue weighted by Crippen LogP contribution is 2.33. The predicted octanol–water partition coefficient (Wildman–Crippen LogP) is 3.98. The Morgan fingerprint density at radius 3 is 2.55 bits per heavy atom. The normalized spacial score (nSPS) is 16.7. The molecule has 29 heavy (non-hydrogen) atoms. The van der Waals surface area contributed by atoms with Crippen molar-refractivity contribution in [1.29, 1.82) is 0 Å². The minimum absolute atomic E-state index is 0.140. The second-order valence-electron chi connectivity index (χ2n) is 6.35. The van der Waals surface area contributed by atoms with Crippen LogP contribution in [0.3, 0.4) is 0 Å². The van der Waals surface area contributed by atoms with E-state index in [1.807, 2.05) is 0 Å². The highest BCUT2D eigenvalue weighted by Gasteiger charge is 2.36. The average molecular weight is 409 g/mol. The Kier molecular flexibility index (Phi) is 5.67. The van der Waals surface area contributed by atoms with Crippen LogP contribution in [0.5, 0.6) is 17.2 Å². The summed E-state index contributed by atoms with van der Waals surface area (Å²) in [4.78, 5) is 25.6. The summed E-state index contributed by atoms with van der Waals surface area (Å²) >= 11 is 0. The van der Waals surface area contributed by atoms with E-state index in [-0.39, 0.29) is 18.0 Å². The number of halogens is 3. The number of methoxy groups -OCH3 is 1. The Balaban J connectivity index is 1.75. The number of carbonyl (C=O) groups is 2. The molecule has 3 rings (SSSR count). The molecule has 0 radical (unpaired) electrons. The summed E-state index contributed by atoms with van der Waals surface area (Å²) < 4.78 is 52.2. The van der Waals surface area contributed by atoms with Gasteiger partial charge in [0.1, 0.15) is 5.75 Å². The highest BCUT2D eigenvalue weighted by atomic mass is 19.4. The zero-order valence-corrected chi connectivity index (χ0v) is 15.7. The largest absolute Gasteiger partial charge is 0.573 e. The molecule has 1 aliphatic heterocycles. The fourth-order valence-corrected chi connectivity index (χ4v) is 3.01. The zero-order valence-electron chi connectivity index (χ0n) is 15.7. The third-order valence-corrected chi connectivity index (χ3v) is 4.36. The van der Waals surface area contributed by atoms with Gasteiger partial charge < -0.3 is 19.1 Å². The van der Waals surface area contributed by atoms with Crippen molar-refractivity contribution in [2.75, 3.05) is 18.6 Å². The first-order chi connectivity index (χ1) is 13.7. The van der Waals surface area contributed by atoms with Gasteiger partial charge in [0.05, 0.1) is 7.11 Å². The van der Waals surface area contributed by atoms with Crippen LogP contribution in [-0.4, -0.2) is 37.8 Å². The third kappa shape index (κ3) is 4.79. The number of anilines is 1. The van der Waals surface area contributed by atoms with Gasteiger partial charge in [-0.25, -0.2) is 0 Å². The van der Waals surface area contributed by atoms with E-state index in [9.17, 15) is 22.8 Å². The summed E-state index contributed by atoms with van der Waals surface area (Å²) in [6.07, 6.45) is -5.32. The summed E-state index contributed by atoms with van der Waals surface area (Å²) in [5, 5.41) is 0. The fraction of sp³-hybridized carbons (Fsp3) is 0.300. The molecule has 0 bridgehead atoms. The molecular weight excluding hydrogens is 391 g/mol. The van der Waals surface area contributed by atoms with Gasteiger partial charge in [-0.2, -0.15) is 0 Å². The van der Waals surface area contributed by atoms with Crippen LogP contribution in [0.4, 0.5) is 18.9 Å². The molecule has 1 aliphatic rings. The molecule has 6 nitrogen and oxygen atoms in total. The molecule has 1 saturated heterocycles. The molecule has 154 valence electrons. The van der Waals surface area contributed by atoms with Gasteiger partial charge in [0, 0.05) is 30.3 Å². The summed E-state index contributed by atoms with van der Waals surface area (Å²) in [6, 6.07) is 9.83. The first-order valence-electron chi connectivity index (χ1n) is 8.71. The summed E-state index contributed by atoms with van der Waals surface area (Å²) in [5.74, 6) is -0.337. The van der Waals surface area contributed by atoms with E-state index < -0.39 is 24.1 Å². The Morgan fingerprint density at radius 2 is 1.90 bits per heavy atom. The minimum atomic E-state index is -4.82. The van der Waals surface area contributed by atoms with Crippen molar-refractivity contribution in [2.45, 2.75) is 25.8 Å². The van der Waals surface area contributed by atoms with Gasteiger partial charge in [-0.15, -0.1) is 13.2 Å². The quantitative estimate of drug-likeness (QED) is 0.676. The van der Waals surface area contributed by atoms with Crippen molar-refractivity contribution in [2.24, 2.45) is 0 Å². The van der Waals surface area contributed by atoms with E-state index in [1.54, 1.807) is 12.1 Å². The van der Waals surface area contributed by atoms with E-state index in [1.165, 1.54) is 37.1 Å². The first-order valence-corrected chi connectivity index (χ1v) is 8.71. The van der Waals surface area contributed by atoms with Gasteiger partial charge in [0.15, 0.2) is 23.4 Å². The lowest BCUT2D eigenvalue weighted by atomic mass is 10.1. The van der Waals surface area contributed by atoms with Crippen molar-refractivity contribution >= 4 is 17.4 Å². The molecule has 2 aromatic carbocycles. The Labute approximate surface area is 164 Å². The molecule has 1 fully saturated rings.